The number of carbonyl (C=O) groups excluding carboxylic acids is 2. The van der Waals surface area contributed by atoms with Gasteiger partial charge < -0.3 is 5.32 Å². The highest BCUT2D eigenvalue weighted by Crippen LogP contribution is 2.31. The molecule has 0 aliphatic rings. The number of ketones is 1. The van der Waals surface area contributed by atoms with Crippen molar-refractivity contribution in [3.8, 4) is 10.4 Å². The third-order valence-electron chi connectivity index (χ3n) is 2.40. The number of rotatable bonds is 4. The minimum atomic E-state index is -0.272. The molecule has 0 unspecified atom stereocenters. The molecule has 3 nitrogen and oxygen atoms in total. The lowest BCUT2D eigenvalue weighted by atomic mass is 10.1. The molecule has 1 aromatic heterocycles. The molecule has 1 amide bonds. The number of para-hydroxylation sites is 1. The summed E-state index contributed by atoms with van der Waals surface area (Å²) in [6.07, 6.45) is -0.0845. The molecule has 0 spiro atoms. The van der Waals surface area contributed by atoms with E-state index in [1.807, 2.05) is 41.8 Å². The van der Waals surface area contributed by atoms with Crippen molar-refractivity contribution >= 4 is 28.7 Å². The summed E-state index contributed by atoms with van der Waals surface area (Å²) in [4.78, 5) is 23.6. The van der Waals surface area contributed by atoms with Crippen LogP contribution in [0, 0.1) is 0 Å². The summed E-state index contributed by atoms with van der Waals surface area (Å²) in [7, 11) is 0. The summed E-state index contributed by atoms with van der Waals surface area (Å²) < 4.78 is 0. The third kappa shape index (κ3) is 3.05. The molecule has 1 heterocycles. The second kappa shape index (κ2) is 5.60. The Balaban J connectivity index is 2.23. The minimum Gasteiger partial charge on any atom is -0.325 e. The Morgan fingerprint density at radius 1 is 1.17 bits per heavy atom. The van der Waals surface area contributed by atoms with Gasteiger partial charge in [0.1, 0.15) is 5.78 Å². The number of anilines is 1. The Kier molecular flexibility index (Phi) is 3.89. The normalized spacial score (nSPS) is 10.1. The van der Waals surface area contributed by atoms with Crippen LogP contribution < -0.4 is 5.32 Å². The molecule has 1 N–H and O–H groups in total. The number of hydrogen-bond donors (Lipinski definition) is 1. The summed E-state index contributed by atoms with van der Waals surface area (Å²) >= 11 is 1.61. The first kappa shape index (κ1) is 12.5. The maximum Gasteiger partial charge on any atom is 0.231 e. The fourth-order valence-corrected chi connectivity index (χ4v) is 2.43. The number of benzene rings is 1. The third-order valence-corrected chi connectivity index (χ3v) is 3.30. The second-order valence-electron chi connectivity index (χ2n) is 3.95. The van der Waals surface area contributed by atoms with Crippen molar-refractivity contribution in [2.75, 3.05) is 5.32 Å². The predicted molar refractivity (Wildman–Crippen MR) is 73.7 cm³/mol. The van der Waals surface area contributed by atoms with Crippen molar-refractivity contribution in [2.45, 2.75) is 13.3 Å². The van der Waals surface area contributed by atoms with Gasteiger partial charge in [0.15, 0.2) is 0 Å². The van der Waals surface area contributed by atoms with Gasteiger partial charge in [0, 0.05) is 16.1 Å². The van der Waals surface area contributed by atoms with E-state index in [4.69, 9.17) is 0 Å². The van der Waals surface area contributed by atoms with Gasteiger partial charge in [-0.25, -0.2) is 0 Å². The first-order valence-electron chi connectivity index (χ1n) is 5.59. The molecule has 92 valence electrons. The van der Waals surface area contributed by atoms with Crippen molar-refractivity contribution < 1.29 is 9.59 Å². The number of carbonyl (C=O) groups is 2. The van der Waals surface area contributed by atoms with Gasteiger partial charge in [-0.15, -0.1) is 11.3 Å². The fourth-order valence-electron chi connectivity index (χ4n) is 1.66. The molecule has 0 saturated carbocycles. The minimum absolute atomic E-state index is 0.0845. The van der Waals surface area contributed by atoms with Crippen LogP contribution in [-0.2, 0) is 9.59 Å². The van der Waals surface area contributed by atoms with Gasteiger partial charge in [-0.05, 0) is 24.4 Å². The van der Waals surface area contributed by atoms with E-state index in [2.05, 4.69) is 5.32 Å². The van der Waals surface area contributed by atoms with Crippen LogP contribution in [-0.4, -0.2) is 11.7 Å². The van der Waals surface area contributed by atoms with E-state index in [0.717, 1.165) is 16.1 Å². The van der Waals surface area contributed by atoms with Crippen molar-refractivity contribution in [3.05, 3.63) is 41.8 Å². The van der Waals surface area contributed by atoms with E-state index in [9.17, 15) is 9.59 Å². The van der Waals surface area contributed by atoms with Crippen molar-refractivity contribution in [2.24, 2.45) is 0 Å². The molecule has 0 aliphatic carbocycles. The van der Waals surface area contributed by atoms with Crippen molar-refractivity contribution in [1.29, 1.82) is 0 Å². The second-order valence-corrected chi connectivity index (χ2v) is 4.90. The summed E-state index contributed by atoms with van der Waals surface area (Å²) in [5.41, 5.74) is 1.72. The van der Waals surface area contributed by atoms with Crippen LogP contribution in [0.5, 0.6) is 0 Å². The lowest BCUT2D eigenvalue weighted by Gasteiger charge is -2.09. The van der Waals surface area contributed by atoms with Crippen LogP contribution in [0.3, 0.4) is 0 Å². The highest BCUT2D eigenvalue weighted by molar-refractivity contribution is 7.13. The molecule has 0 fully saturated rings. The fraction of sp³-hybridized carbons (Fsp3) is 0.143. The highest BCUT2D eigenvalue weighted by Gasteiger charge is 2.10. The van der Waals surface area contributed by atoms with Crippen LogP contribution in [0.25, 0.3) is 10.4 Å². The van der Waals surface area contributed by atoms with Gasteiger partial charge in [-0.3, -0.25) is 9.59 Å². The number of Topliss-reactive ketones (excluding diaryl/α,β-unsaturated/α-hetero) is 1. The zero-order valence-electron chi connectivity index (χ0n) is 9.97. The smallest absolute Gasteiger partial charge is 0.231 e. The van der Waals surface area contributed by atoms with Gasteiger partial charge in [0.25, 0.3) is 0 Å². The zero-order valence-corrected chi connectivity index (χ0v) is 10.8. The van der Waals surface area contributed by atoms with Crippen LogP contribution in [0.1, 0.15) is 13.3 Å². The molecule has 4 heteroatoms. The Morgan fingerprint density at radius 2 is 1.94 bits per heavy atom. The van der Waals surface area contributed by atoms with E-state index in [1.165, 1.54) is 6.92 Å². The predicted octanol–water partition coefficient (Wildman–Crippen LogP) is 3.33. The zero-order chi connectivity index (χ0) is 13.0. The van der Waals surface area contributed by atoms with Crippen LogP contribution >= 0.6 is 11.3 Å². The van der Waals surface area contributed by atoms with Gasteiger partial charge in [0.05, 0.1) is 6.42 Å². The number of nitrogens with one attached hydrogen (secondary N) is 1. The molecule has 1 aromatic carbocycles. The highest BCUT2D eigenvalue weighted by atomic mass is 32.1. The molecular weight excluding hydrogens is 246 g/mol. The first-order valence-corrected chi connectivity index (χ1v) is 6.47. The molecule has 0 bridgehead atoms. The van der Waals surface area contributed by atoms with Crippen LogP contribution in [0.2, 0.25) is 0 Å². The SMILES string of the molecule is CC(=O)CC(=O)Nc1ccccc1-c1cccs1. The molecule has 0 saturated heterocycles. The van der Waals surface area contributed by atoms with E-state index in [1.54, 1.807) is 11.3 Å². The Hall–Kier alpha value is -1.94. The molecule has 0 aliphatic heterocycles. The number of thiophene rings is 1. The maximum atomic E-state index is 11.6. The first-order chi connectivity index (χ1) is 8.66. The molecule has 0 radical (unpaired) electrons. The monoisotopic (exact) mass is 259 g/mol. The average molecular weight is 259 g/mol. The van der Waals surface area contributed by atoms with Crippen molar-refractivity contribution in [3.63, 3.8) is 0 Å². The van der Waals surface area contributed by atoms with E-state index in [0.29, 0.717) is 0 Å². The summed E-state index contributed by atoms with van der Waals surface area (Å²) in [6.45, 7) is 1.41. The van der Waals surface area contributed by atoms with E-state index < -0.39 is 0 Å². The van der Waals surface area contributed by atoms with Gasteiger partial charge in [-0.2, -0.15) is 0 Å². The average Bonchev–Trinajstić information content (AvgIpc) is 2.81. The quantitative estimate of drug-likeness (QED) is 0.856. The van der Waals surface area contributed by atoms with Gasteiger partial charge in [0.2, 0.25) is 5.91 Å². The molecule has 18 heavy (non-hydrogen) atoms. The lowest BCUT2D eigenvalue weighted by Crippen LogP contribution is -2.15. The Labute approximate surface area is 109 Å². The van der Waals surface area contributed by atoms with E-state index in [-0.39, 0.29) is 18.1 Å². The number of amides is 1. The molecule has 0 atom stereocenters. The topological polar surface area (TPSA) is 46.2 Å². The standard InChI is InChI=1S/C14H13NO2S/c1-10(16)9-14(17)15-12-6-3-2-5-11(12)13-7-4-8-18-13/h2-8H,9H2,1H3,(H,15,17). The van der Waals surface area contributed by atoms with Crippen molar-refractivity contribution in [1.82, 2.24) is 0 Å². The Morgan fingerprint density at radius 3 is 2.61 bits per heavy atom. The van der Waals surface area contributed by atoms with Gasteiger partial charge >= 0.3 is 0 Å². The summed E-state index contributed by atoms with van der Waals surface area (Å²) in [5, 5.41) is 4.77. The number of hydrogen-bond acceptors (Lipinski definition) is 3. The Bertz CT molecular complexity index is 561. The van der Waals surface area contributed by atoms with Crippen LogP contribution in [0.4, 0.5) is 5.69 Å². The van der Waals surface area contributed by atoms with Gasteiger partial charge in [-0.1, -0.05) is 24.3 Å². The lowest BCUT2D eigenvalue weighted by molar-refractivity contribution is -0.124. The van der Waals surface area contributed by atoms with Crippen LogP contribution in [0.15, 0.2) is 41.8 Å². The molecular formula is C14H13NO2S. The largest absolute Gasteiger partial charge is 0.325 e. The molecule has 2 aromatic rings. The summed E-state index contributed by atoms with van der Waals surface area (Å²) in [6, 6.07) is 11.5. The van der Waals surface area contributed by atoms with E-state index >= 15 is 0 Å². The maximum absolute atomic E-state index is 11.6. The molecule has 2 rings (SSSR count). The summed E-state index contributed by atoms with van der Waals surface area (Å²) in [5.74, 6) is -0.410.